The zero-order valence-electron chi connectivity index (χ0n) is 6.47. The van der Waals surface area contributed by atoms with Gasteiger partial charge in [-0.1, -0.05) is 0 Å². The lowest BCUT2D eigenvalue weighted by molar-refractivity contribution is 0.0357. The Morgan fingerprint density at radius 3 is 2.10 bits per heavy atom. The van der Waals surface area contributed by atoms with Gasteiger partial charge in [0, 0.05) is 6.54 Å². The van der Waals surface area contributed by atoms with Crippen molar-refractivity contribution in [1.82, 2.24) is 4.90 Å². The molecule has 0 radical (unpaired) electrons. The van der Waals surface area contributed by atoms with E-state index >= 15 is 0 Å². The standard InChI is InChI=1S/C9H15N/c1-5-10-6-2-8(1)9(7-10)3-4-9/h8H,1-7H2. The first-order chi connectivity index (χ1) is 4.89. The van der Waals surface area contributed by atoms with E-state index < -0.39 is 0 Å². The number of piperidine rings is 3. The van der Waals surface area contributed by atoms with E-state index in [-0.39, 0.29) is 0 Å². The molecule has 4 fully saturated rings. The molecule has 0 amide bonds. The van der Waals surface area contributed by atoms with Crippen LogP contribution in [-0.2, 0) is 0 Å². The minimum absolute atomic E-state index is 0.872. The van der Waals surface area contributed by atoms with Crippen molar-refractivity contribution in [2.75, 3.05) is 19.6 Å². The summed E-state index contributed by atoms with van der Waals surface area (Å²) in [4.78, 5) is 2.67. The van der Waals surface area contributed by atoms with Crippen molar-refractivity contribution in [3.8, 4) is 0 Å². The van der Waals surface area contributed by atoms with Crippen LogP contribution >= 0.6 is 0 Å². The fourth-order valence-corrected chi connectivity index (χ4v) is 3.00. The van der Waals surface area contributed by atoms with Crippen LogP contribution < -0.4 is 0 Å². The molecule has 0 aromatic heterocycles. The van der Waals surface area contributed by atoms with E-state index in [1.807, 2.05) is 0 Å². The van der Waals surface area contributed by atoms with E-state index in [0.717, 1.165) is 11.3 Å². The van der Waals surface area contributed by atoms with Crippen LogP contribution in [0.4, 0.5) is 0 Å². The van der Waals surface area contributed by atoms with Crippen LogP contribution in [-0.4, -0.2) is 24.5 Å². The summed E-state index contributed by atoms with van der Waals surface area (Å²) in [6.07, 6.45) is 6.13. The predicted octanol–water partition coefficient (Wildman–Crippen LogP) is 1.49. The molecule has 1 nitrogen and oxygen atoms in total. The molecule has 56 valence electrons. The molecule has 3 heterocycles. The number of fused-ring (bicyclic) bond motifs is 2. The second kappa shape index (κ2) is 1.58. The van der Waals surface area contributed by atoms with Crippen LogP contribution in [0.15, 0.2) is 0 Å². The Labute approximate surface area is 62.4 Å². The van der Waals surface area contributed by atoms with Gasteiger partial charge in [-0.25, -0.2) is 0 Å². The quantitative estimate of drug-likeness (QED) is 0.489. The van der Waals surface area contributed by atoms with Gasteiger partial charge in [-0.2, -0.15) is 0 Å². The van der Waals surface area contributed by atoms with Gasteiger partial charge < -0.3 is 4.90 Å². The molecular weight excluding hydrogens is 122 g/mol. The summed E-state index contributed by atoms with van der Waals surface area (Å²) in [5, 5.41) is 0. The molecule has 1 heteroatoms. The minimum Gasteiger partial charge on any atom is -0.303 e. The van der Waals surface area contributed by atoms with Crippen molar-refractivity contribution >= 4 is 0 Å². The normalized spacial score (nSPS) is 48.0. The summed E-state index contributed by atoms with van der Waals surface area (Å²) >= 11 is 0. The minimum atomic E-state index is 0.872. The summed E-state index contributed by atoms with van der Waals surface area (Å²) in [5.41, 5.74) is 0.872. The fraction of sp³-hybridized carbons (Fsp3) is 1.00. The predicted molar refractivity (Wildman–Crippen MR) is 40.8 cm³/mol. The van der Waals surface area contributed by atoms with Crippen molar-refractivity contribution in [2.24, 2.45) is 11.3 Å². The molecule has 1 spiro atoms. The first-order valence-corrected chi connectivity index (χ1v) is 4.61. The number of hydrogen-bond donors (Lipinski definition) is 0. The van der Waals surface area contributed by atoms with Crippen molar-refractivity contribution in [3.05, 3.63) is 0 Å². The fourth-order valence-electron chi connectivity index (χ4n) is 3.00. The number of rotatable bonds is 0. The van der Waals surface area contributed by atoms with Crippen molar-refractivity contribution in [2.45, 2.75) is 25.7 Å². The average molecular weight is 137 g/mol. The van der Waals surface area contributed by atoms with Gasteiger partial charge in [-0.3, -0.25) is 0 Å². The lowest BCUT2D eigenvalue weighted by atomic mass is 9.76. The SMILES string of the molecule is C1CN2CCC1C1(CC1)C2. The smallest absolute Gasteiger partial charge is 0.00407 e. The average Bonchev–Trinajstić information content (AvgIpc) is 2.72. The molecule has 0 atom stereocenters. The van der Waals surface area contributed by atoms with Crippen LogP contribution in [0, 0.1) is 11.3 Å². The molecule has 3 aliphatic heterocycles. The highest BCUT2D eigenvalue weighted by molar-refractivity contribution is 5.05. The highest BCUT2D eigenvalue weighted by atomic mass is 15.2. The Morgan fingerprint density at radius 2 is 1.80 bits per heavy atom. The van der Waals surface area contributed by atoms with Crippen molar-refractivity contribution in [3.63, 3.8) is 0 Å². The van der Waals surface area contributed by atoms with E-state index in [0.29, 0.717) is 0 Å². The van der Waals surface area contributed by atoms with Gasteiger partial charge in [0.05, 0.1) is 0 Å². The van der Waals surface area contributed by atoms with E-state index in [1.54, 1.807) is 12.8 Å². The molecule has 1 saturated carbocycles. The first-order valence-electron chi connectivity index (χ1n) is 4.61. The topological polar surface area (TPSA) is 3.24 Å². The van der Waals surface area contributed by atoms with E-state index in [4.69, 9.17) is 0 Å². The Bertz CT molecular complexity index is 152. The van der Waals surface area contributed by atoms with E-state index in [1.165, 1.54) is 32.5 Å². The molecule has 0 aromatic rings. The molecule has 3 saturated heterocycles. The number of hydrogen-bond acceptors (Lipinski definition) is 1. The largest absolute Gasteiger partial charge is 0.303 e. The van der Waals surface area contributed by atoms with Crippen LogP contribution in [0.2, 0.25) is 0 Å². The third-order valence-electron chi connectivity index (χ3n) is 3.88. The highest BCUT2D eigenvalue weighted by Gasteiger charge is 2.53. The summed E-state index contributed by atoms with van der Waals surface area (Å²) in [6.45, 7) is 4.27. The monoisotopic (exact) mass is 137 g/mol. The zero-order valence-corrected chi connectivity index (χ0v) is 6.47. The van der Waals surface area contributed by atoms with Crippen LogP contribution in [0.1, 0.15) is 25.7 Å². The second-order valence-electron chi connectivity index (χ2n) is 4.41. The lowest BCUT2D eigenvalue weighted by Gasteiger charge is -2.45. The molecule has 0 unspecified atom stereocenters. The maximum absolute atomic E-state index is 2.67. The van der Waals surface area contributed by atoms with Crippen LogP contribution in [0.3, 0.4) is 0 Å². The van der Waals surface area contributed by atoms with Crippen molar-refractivity contribution < 1.29 is 0 Å². The second-order valence-corrected chi connectivity index (χ2v) is 4.41. The summed E-state index contributed by atoms with van der Waals surface area (Å²) in [5.74, 6) is 1.14. The van der Waals surface area contributed by atoms with Gasteiger partial charge in [0.25, 0.3) is 0 Å². The molecule has 1 aliphatic carbocycles. The molecule has 10 heavy (non-hydrogen) atoms. The Balaban J connectivity index is 1.90. The summed E-state index contributed by atoms with van der Waals surface area (Å²) < 4.78 is 0. The molecule has 0 aromatic carbocycles. The van der Waals surface area contributed by atoms with Gasteiger partial charge in [-0.05, 0) is 50.1 Å². The summed E-state index contributed by atoms with van der Waals surface area (Å²) in [7, 11) is 0. The third-order valence-corrected chi connectivity index (χ3v) is 3.88. The van der Waals surface area contributed by atoms with Crippen LogP contribution in [0.5, 0.6) is 0 Å². The van der Waals surface area contributed by atoms with E-state index in [9.17, 15) is 0 Å². The Morgan fingerprint density at radius 1 is 1.10 bits per heavy atom. The van der Waals surface area contributed by atoms with Gasteiger partial charge in [0.2, 0.25) is 0 Å². The molecular formula is C9H15N. The van der Waals surface area contributed by atoms with Crippen molar-refractivity contribution in [1.29, 1.82) is 0 Å². The molecule has 4 aliphatic rings. The van der Waals surface area contributed by atoms with Gasteiger partial charge in [0.15, 0.2) is 0 Å². The Kier molecular flexibility index (Phi) is 0.883. The summed E-state index contributed by atoms with van der Waals surface area (Å²) in [6, 6.07) is 0. The highest BCUT2D eigenvalue weighted by Crippen LogP contribution is 2.58. The maximum Gasteiger partial charge on any atom is 0.00407 e. The maximum atomic E-state index is 2.67. The Hall–Kier alpha value is -0.0400. The zero-order chi connectivity index (χ0) is 6.60. The van der Waals surface area contributed by atoms with E-state index in [2.05, 4.69) is 4.90 Å². The van der Waals surface area contributed by atoms with Gasteiger partial charge in [0.1, 0.15) is 0 Å². The molecule has 2 bridgehead atoms. The van der Waals surface area contributed by atoms with Crippen LogP contribution in [0.25, 0.3) is 0 Å². The molecule has 0 N–H and O–H groups in total. The number of nitrogens with zero attached hydrogens (tertiary/aromatic N) is 1. The molecule has 4 rings (SSSR count). The van der Waals surface area contributed by atoms with Gasteiger partial charge in [-0.15, -0.1) is 0 Å². The lowest BCUT2D eigenvalue weighted by Crippen LogP contribution is -2.48. The van der Waals surface area contributed by atoms with Gasteiger partial charge >= 0.3 is 0 Å². The third kappa shape index (κ3) is 0.572. The first kappa shape index (κ1) is 5.59.